The summed E-state index contributed by atoms with van der Waals surface area (Å²) in [6, 6.07) is 9.30. The van der Waals surface area contributed by atoms with Crippen molar-refractivity contribution in [3.8, 4) is 0 Å². The lowest BCUT2D eigenvalue weighted by Gasteiger charge is -2.02. The van der Waals surface area contributed by atoms with Crippen molar-refractivity contribution >= 4 is 34.2 Å². The molecule has 3 rings (SSSR count). The number of nitro groups is 2. The molecule has 9 nitrogen and oxygen atoms in total. The van der Waals surface area contributed by atoms with Crippen LogP contribution in [-0.4, -0.2) is 21.0 Å². The van der Waals surface area contributed by atoms with Crippen molar-refractivity contribution in [1.82, 2.24) is 4.98 Å². The van der Waals surface area contributed by atoms with E-state index in [-0.39, 0.29) is 11.4 Å². The predicted molar refractivity (Wildman–Crippen MR) is 98.6 cm³/mol. The van der Waals surface area contributed by atoms with Gasteiger partial charge in [-0.25, -0.2) is 0 Å². The fourth-order valence-corrected chi connectivity index (χ4v) is 2.69. The molecule has 0 aliphatic rings. The third-order valence-electron chi connectivity index (χ3n) is 3.99. The largest absolute Gasteiger partial charge is 0.360 e. The molecule has 0 bridgehead atoms. The number of nitro benzene ring substituents is 2. The summed E-state index contributed by atoms with van der Waals surface area (Å²) in [5, 5.41) is 26.9. The average molecular weight is 353 g/mol. The molecule has 0 spiro atoms. The first-order valence-electron chi connectivity index (χ1n) is 7.82. The van der Waals surface area contributed by atoms with Crippen LogP contribution in [-0.2, 0) is 6.42 Å². The lowest BCUT2D eigenvalue weighted by molar-refractivity contribution is -0.393. The maximum absolute atomic E-state index is 11.1. The normalized spacial score (nSPS) is 11.1. The topological polar surface area (TPSA) is 126 Å². The monoisotopic (exact) mass is 353 g/mol. The highest BCUT2D eigenvalue weighted by atomic mass is 16.6. The van der Waals surface area contributed by atoms with Crippen molar-refractivity contribution in [2.75, 3.05) is 5.43 Å². The molecule has 0 atom stereocenters. The van der Waals surface area contributed by atoms with Crippen LogP contribution in [0, 0.1) is 20.2 Å². The van der Waals surface area contributed by atoms with Crippen molar-refractivity contribution in [3.05, 3.63) is 74.0 Å². The second kappa shape index (κ2) is 7.01. The van der Waals surface area contributed by atoms with E-state index < -0.39 is 15.5 Å². The Bertz CT molecular complexity index is 1030. The Morgan fingerprint density at radius 1 is 1.19 bits per heavy atom. The SMILES string of the molecule is CCc1cccc2c(/C=N/Nc3ccc([N+](=O)[O-])cc3[N+](=O)[O-])c[nH]c12. The molecule has 0 aliphatic carbocycles. The molecular formula is C17H15N5O4. The fraction of sp³-hybridized carbons (Fsp3) is 0.118. The Morgan fingerprint density at radius 2 is 2.00 bits per heavy atom. The number of hydrogen-bond donors (Lipinski definition) is 2. The number of para-hydroxylation sites is 1. The first-order valence-corrected chi connectivity index (χ1v) is 7.82. The number of aromatic nitrogens is 1. The molecule has 132 valence electrons. The molecule has 0 saturated carbocycles. The summed E-state index contributed by atoms with van der Waals surface area (Å²) in [5.74, 6) is 0. The van der Waals surface area contributed by atoms with E-state index in [1.165, 1.54) is 17.7 Å². The molecule has 1 aromatic heterocycles. The minimum Gasteiger partial charge on any atom is -0.360 e. The van der Waals surface area contributed by atoms with Crippen LogP contribution >= 0.6 is 0 Å². The van der Waals surface area contributed by atoms with Crippen molar-refractivity contribution in [3.63, 3.8) is 0 Å². The maximum Gasteiger partial charge on any atom is 0.301 e. The second-order valence-electron chi connectivity index (χ2n) is 5.52. The smallest absolute Gasteiger partial charge is 0.301 e. The first-order chi connectivity index (χ1) is 12.5. The number of hydrogen-bond acceptors (Lipinski definition) is 6. The van der Waals surface area contributed by atoms with Gasteiger partial charge in [-0.3, -0.25) is 25.7 Å². The third-order valence-corrected chi connectivity index (χ3v) is 3.99. The summed E-state index contributed by atoms with van der Waals surface area (Å²) < 4.78 is 0. The van der Waals surface area contributed by atoms with E-state index in [0.717, 1.165) is 29.0 Å². The number of anilines is 1. The van der Waals surface area contributed by atoms with Gasteiger partial charge < -0.3 is 4.98 Å². The zero-order valence-corrected chi connectivity index (χ0v) is 13.8. The lowest BCUT2D eigenvalue weighted by atomic mass is 10.1. The Kier molecular flexibility index (Phi) is 4.61. The average Bonchev–Trinajstić information content (AvgIpc) is 3.05. The summed E-state index contributed by atoms with van der Waals surface area (Å²) in [7, 11) is 0. The van der Waals surface area contributed by atoms with Crippen LogP contribution < -0.4 is 5.43 Å². The Hall–Kier alpha value is -3.75. The molecule has 0 aliphatic heterocycles. The van der Waals surface area contributed by atoms with E-state index in [9.17, 15) is 20.2 Å². The summed E-state index contributed by atoms with van der Waals surface area (Å²) in [4.78, 5) is 23.7. The number of nitrogens with zero attached hydrogens (tertiary/aromatic N) is 3. The Balaban J connectivity index is 1.87. The van der Waals surface area contributed by atoms with Crippen LogP contribution in [0.3, 0.4) is 0 Å². The van der Waals surface area contributed by atoms with E-state index in [1.807, 2.05) is 18.2 Å². The van der Waals surface area contributed by atoms with Crippen LogP contribution in [0.1, 0.15) is 18.1 Å². The van der Waals surface area contributed by atoms with E-state index in [2.05, 4.69) is 22.4 Å². The number of rotatable bonds is 6. The number of H-pyrrole nitrogens is 1. The summed E-state index contributed by atoms with van der Waals surface area (Å²) >= 11 is 0. The lowest BCUT2D eigenvalue weighted by Crippen LogP contribution is -1.98. The number of benzene rings is 2. The Morgan fingerprint density at radius 3 is 2.69 bits per heavy atom. The van der Waals surface area contributed by atoms with Crippen LogP contribution in [0.15, 0.2) is 47.7 Å². The minimum atomic E-state index is -0.690. The number of fused-ring (bicyclic) bond motifs is 1. The molecular weight excluding hydrogens is 338 g/mol. The molecule has 2 N–H and O–H groups in total. The highest BCUT2D eigenvalue weighted by Crippen LogP contribution is 2.29. The molecule has 0 unspecified atom stereocenters. The van der Waals surface area contributed by atoms with Gasteiger partial charge in [0.05, 0.1) is 22.1 Å². The van der Waals surface area contributed by atoms with Gasteiger partial charge in [-0.15, -0.1) is 0 Å². The van der Waals surface area contributed by atoms with Gasteiger partial charge in [-0.2, -0.15) is 5.10 Å². The van der Waals surface area contributed by atoms with Gasteiger partial charge in [-0.05, 0) is 18.1 Å². The molecule has 1 heterocycles. The molecule has 0 fully saturated rings. The third kappa shape index (κ3) is 3.22. The summed E-state index contributed by atoms with van der Waals surface area (Å²) in [6.07, 6.45) is 4.24. The number of nitrogens with one attached hydrogen (secondary N) is 2. The number of aromatic amines is 1. The van der Waals surface area contributed by atoms with Gasteiger partial charge in [0.2, 0.25) is 0 Å². The molecule has 0 saturated heterocycles. The van der Waals surface area contributed by atoms with E-state index in [4.69, 9.17) is 0 Å². The zero-order chi connectivity index (χ0) is 18.7. The standard InChI is InChI=1S/C17H15N5O4/c1-2-11-4-3-5-14-12(9-18-17(11)14)10-19-20-15-7-6-13(21(23)24)8-16(15)22(25)26/h3-10,18,20H,2H2,1H3/b19-10+. The van der Waals surface area contributed by atoms with Crippen molar-refractivity contribution in [2.45, 2.75) is 13.3 Å². The predicted octanol–water partition coefficient (Wildman–Crippen LogP) is 3.99. The Labute approximate surface area is 147 Å². The van der Waals surface area contributed by atoms with Gasteiger partial charge in [0.1, 0.15) is 5.69 Å². The van der Waals surface area contributed by atoms with Crippen LogP contribution in [0.25, 0.3) is 10.9 Å². The number of non-ortho nitro benzene ring substituents is 1. The maximum atomic E-state index is 11.1. The zero-order valence-electron chi connectivity index (χ0n) is 13.8. The second-order valence-corrected chi connectivity index (χ2v) is 5.52. The van der Waals surface area contributed by atoms with Crippen LogP contribution in [0.4, 0.5) is 17.1 Å². The van der Waals surface area contributed by atoms with E-state index in [0.29, 0.717) is 0 Å². The molecule has 0 radical (unpaired) electrons. The first kappa shape index (κ1) is 17.1. The number of hydrazone groups is 1. The highest BCUT2D eigenvalue weighted by Gasteiger charge is 2.19. The van der Waals surface area contributed by atoms with Gasteiger partial charge in [0, 0.05) is 28.7 Å². The van der Waals surface area contributed by atoms with E-state index >= 15 is 0 Å². The van der Waals surface area contributed by atoms with Gasteiger partial charge in [-0.1, -0.05) is 25.1 Å². The van der Waals surface area contributed by atoms with E-state index in [1.54, 1.807) is 12.4 Å². The van der Waals surface area contributed by atoms with Crippen LogP contribution in [0.5, 0.6) is 0 Å². The highest BCUT2D eigenvalue weighted by molar-refractivity contribution is 6.00. The van der Waals surface area contributed by atoms with Crippen molar-refractivity contribution in [2.24, 2.45) is 5.10 Å². The van der Waals surface area contributed by atoms with Crippen molar-refractivity contribution < 1.29 is 9.85 Å². The summed E-state index contributed by atoms with van der Waals surface area (Å²) in [6.45, 7) is 2.07. The molecule has 3 aromatic rings. The van der Waals surface area contributed by atoms with Gasteiger partial charge >= 0.3 is 5.69 Å². The van der Waals surface area contributed by atoms with Crippen molar-refractivity contribution in [1.29, 1.82) is 0 Å². The van der Waals surface area contributed by atoms with Crippen LogP contribution in [0.2, 0.25) is 0 Å². The van der Waals surface area contributed by atoms with Gasteiger partial charge in [0.25, 0.3) is 5.69 Å². The van der Waals surface area contributed by atoms with Gasteiger partial charge in [0.15, 0.2) is 0 Å². The summed E-state index contributed by atoms with van der Waals surface area (Å²) in [5.41, 5.74) is 4.93. The molecule has 9 heteroatoms. The fourth-order valence-electron chi connectivity index (χ4n) is 2.69. The quantitative estimate of drug-likeness (QED) is 0.393. The number of aryl methyl sites for hydroxylation is 1. The molecule has 0 amide bonds. The molecule has 2 aromatic carbocycles. The minimum absolute atomic E-state index is 0.0749. The molecule has 26 heavy (non-hydrogen) atoms.